The second kappa shape index (κ2) is 3.27. The Morgan fingerprint density at radius 2 is 2.15 bits per heavy atom. The fourth-order valence-electron chi connectivity index (χ4n) is 0.867. The van der Waals surface area contributed by atoms with Crippen molar-refractivity contribution in [1.29, 1.82) is 0 Å². The second-order valence-corrected chi connectivity index (χ2v) is 2.35. The number of aryl methyl sites for hydroxylation is 1. The molecular formula is C7H8F3N2O. The van der Waals surface area contributed by atoms with E-state index in [1.54, 1.807) is 6.92 Å². The number of hydrogen-bond acceptors (Lipinski definition) is 2. The molecule has 0 atom stereocenters. The Kier molecular flexibility index (Phi) is 2.49. The Morgan fingerprint density at radius 1 is 1.54 bits per heavy atom. The molecule has 1 heterocycles. The minimum atomic E-state index is -4.46. The molecular weight excluding hydrogens is 185 g/mol. The van der Waals surface area contributed by atoms with Crippen LogP contribution in [0.3, 0.4) is 0 Å². The van der Waals surface area contributed by atoms with Gasteiger partial charge < -0.3 is 4.74 Å². The first-order valence-electron chi connectivity index (χ1n) is 3.61. The fraction of sp³-hybridized carbons (Fsp3) is 0.571. The first kappa shape index (κ1) is 9.88. The Balaban J connectivity index is 3.07. The first-order valence-corrected chi connectivity index (χ1v) is 3.61. The summed E-state index contributed by atoms with van der Waals surface area (Å²) in [5, 5.41) is 3.35. The van der Waals surface area contributed by atoms with Crippen LogP contribution < -0.4 is 4.74 Å². The number of aromatic nitrogens is 2. The van der Waals surface area contributed by atoms with E-state index in [1.807, 2.05) is 6.20 Å². The highest BCUT2D eigenvalue weighted by molar-refractivity contribution is 5.25. The van der Waals surface area contributed by atoms with Gasteiger partial charge in [0.1, 0.15) is 11.8 Å². The van der Waals surface area contributed by atoms with Gasteiger partial charge in [-0.3, -0.25) is 0 Å². The predicted octanol–water partition coefficient (Wildman–Crippen LogP) is 1.64. The van der Waals surface area contributed by atoms with Crippen LogP contribution in [-0.4, -0.2) is 16.4 Å². The van der Waals surface area contributed by atoms with Gasteiger partial charge in [-0.25, -0.2) is 4.68 Å². The third-order valence-corrected chi connectivity index (χ3v) is 1.38. The monoisotopic (exact) mass is 193 g/mol. The summed E-state index contributed by atoms with van der Waals surface area (Å²) < 4.78 is 42.5. The van der Waals surface area contributed by atoms with Gasteiger partial charge in [-0.1, -0.05) is 0 Å². The lowest BCUT2D eigenvalue weighted by Crippen LogP contribution is -2.08. The van der Waals surface area contributed by atoms with Gasteiger partial charge in [0.25, 0.3) is 0 Å². The van der Waals surface area contributed by atoms with Gasteiger partial charge >= 0.3 is 6.18 Å². The van der Waals surface area contributed by atoms with E-state index < -0.39 is 11.7 Å². The third kappa shape index (κ3) is 1.93. The number of ether oxygens (including phenoxy) is 1. The molecule has 0 aliphatic carbocycles. The van der Waals surface area contributed by atoms with E-state index in [-0.39, 0.29) is 12.5 Å². The topological polar surface area (TPSA) is 27.1 Å². The van der Waals surface area contributed by atoms with Crippen molar-refractivity contribution >= 4 is 0 Å². The van der Waals surface area contributed by atoms with Crippen LogP contribution >= 0.6 is 0 Å². The van der Waals surface area contributed by atoms with Gasteiger partial charge in [-0.2, -0.15) is 18.3 Å². The SMILES string of the molecule is CCOc1c(C(F)(F)F)[c]nn1C. The van der Waals surface area contributed by atoms with Gasteiger partial charge in [0, 0.05) is 7.05 Å². The second-order valence-electron chi connectivity index (χ2n) is 2.35. The standard InChI is InChI=1S/C7H8F3N2O/c1-3-13-6-5(7(8,9)10)4-11-12(6)2/h3H2,1-2H3. The largest absolute Gasteiger partial charge is 0.478 e. The van der Waals surface area contributed by atoms with Crippen molar-refractivity contribution in [2.24, 2.45) is 7.05 Å². The smallest absolute Gasteiger partial charge is 0.423 e. The summed E-state index contributed by atoms with van der Waals surface area (Å²) in [5.74, 6) is -0.296. The van der Waals surface area contributed by atoms with Crippen LogP contribution in [0.1, 0.15) is 12.5 Å². The minimum Gasteiger partial charge on any atom is -0.478 e. The third-order valence-electron chi connectivity index (χ3n) is 1.38. The molecule has 0 aromatic carbocycles. The van der Waals surface area contributed by atoms with E-state index in [1.165, 1.54) is 7.05 Å². The van der Waals surface area contributed by atoms with Crippen LogP contribution in [0.4, 0.5) is 13.2 Å². The minimum absolute atomic E-state index is 0.163. The zero-order chi connectivity index (χ0) is 10.1. The zero-order valence-electron chi connectivity index (χ0n) is 7.14. The van der Waals surface area contributed by atoms with E-state index in [2.05, 4.69) is 5.10 Å². The van der Waals surface area contributed by atoms with E-state index in [0.29, 0.717) is 0 Å². The maximum atomic E-state index is 12.2. The molecule has 0 N–H and O–H groups in total. The molecule has 0 saturated carbocycles. The van der Waals surface area contributed by atoms with E-state index in [9.17, 15) is 13.2 Å². The van der Waals surface area contributed by atoms with Crippen LogP contribution in [0.2, 0.25) is 0 Å². The summed E-state index contributed by atoms with van der Waals surface area (Å²) in [5.41, 5.74) is -0.961. The van der Waals surface area contributed by atoms with Crippen molar-refractivity contribution in [3.8, 4) is 5.88 Å². The summed E-state index contributed by atoms with van der Waals surface area (Å²) in [6.45, 7) is 1.77. The molecule has 3 nitrogen and oxygen atoms in total. The lowest BCUT2D eigenvalue weighted by molar-refractivity contribution is -0.139. The molecule has 1 radical (unpaired) electrons. The van der Waals surface area contributed by atoms with Crippen LogP contribution in [0.5, 0.6) is 5.88 Å². The Labute approximate surface area is 73.1 Å². The highest BCUT2D eigenvalue weighted by atomic mass is 19.4. The lowest BCUT2D eigenvalue weighted by atomic mass is 10.3. The maximum absolute atomic E-state index is 12.2. The normalized spacial score (nSPS) is 11.8. The van der Waals surface area contributed by atoms with Gasteiger partial charge in [0.15, 0.2) is 0 Å². The van der Waals surface area contributed by atoms with Crippen molar-refractivity contribution < 1.29 is 17.9 Å². The van der Waals surface area contributed by atoms with Gasteiger partial charge in [0.05, 0.1) is 6.61 Å². The summed E-state index contributed by atoms with van der Waals surface area (Å²) in [6.07, 6.45) is -2.60. The van der Waals surface area contributed by atoms with Crippen molar-refractivity contribution in [3.05, 3.63) is 11.8 Å². The van der Waals surface area contributed by atoms with Crippen molar-refractivity contribution in [2.75, 3.05) is 6.61 Å². The molecule has 0 aliphatic heterocycles. The zero-order valence-corrected chi connectivity index (χ0v) is 7.14. The molecule has 0 amide bonds. The average molecular weight is 193 g/mol. The molecule has 0 bridgehead atoms. The molecule has 0 fully saturated rings. The van der Waals surface area contributed by atoms with Crippen LogP contribution in [0.25, 0.3) is 0 Å². The van der Waals surface area contributed by atoms with Gasteiger partial charge in [-0.05, 0) is 6.92 Å². The molecule has 0 aliphatic rings. The van der Waals surface area contributed by atoms with Crippen LogP contribution in [-0.2, 0) is 13.2 Å². The predicted molar refractivity (Wildman–Crippen MR) is 38.2 cm³/mol. The molecule has 1 aromatic rings. The highest BCUT2D eigenvalue weighted by Crippen LogP contribution is 2.35. The quantitative estimate of drug-likeness (QED) is 0.713. The molecule has 6 heteroatoms. The van der Waals surface area contributed by atoms with Crippen molar-refractivity contribution in [3.63, 3.8) is 0 Å². The Bertz CT molecular complexity index is 292. The van der Waals surface area contributed by atoms with Crippen molar-refractivity contribution in [1.82, 2.24) is 9.78 Å². The Morgan fingerprint density at radius 3 is 2.62 bits per heavy atom. The van der Waals surface area contributed by atoms with Gasteiger partial charge in [0.2, 0.25) is 5.88 Å². The summed E-state index contributed by atoms with van der Waals surface area (Å²) >= 11 is 0. The number of halogens is 3. The van der Waals surface area contributed by atoms with E-state index in [0.717, 1.165) is 4.68 Å². The highest BCUT2D eigenvalue weighted by Gasteiger charge is 2.37. The number of rotatable bonds is 2. The fourth-order valence-corrected chi connectivity index (χ4v) is 0.867. The number of hydrogen-bond donors (Lipinski definition) is 0. The first-order chi connectivity index (χ1) is 5.96. The molecule has 0 unspecified atom stereocenters. The summed E-state index contributed by atoms with van der Waals surface area (Å²) in [6, 6.07) is 0. The van der Waals surface area contributed by atoms with Gasteiger partial charge in [-0.15, -0.1) is 0 Å². The molecule has 0 spiro atoms. The summed E-state index contributed by atoms with van der Waals surface area (Å²) in [7, 11) is 1.37. The Hall–Kier alpha value is -1.20. The average Bonchev–Trinajstić information content (AvgIpc) is 2.32. The molecule has 1 rings (SSSR count). The summed E-state index contributed by atoms with van der Waals surface area (Å²) in [4.78, 5) is 0. The number of nitrogens with zero attached hydrogens (tertiary/aromatic N) is 2. The maximum Gasteiger partial charge on any atom is 0.423 e. The lowest BCUT2D eigenvalue weighted by Gasteiger charge is -2.08. The van der Waals surface area contributed by atoms with E-state index in [4.69, 9.17) is 4.74 Å². The van der Waals surface area contributed by atoms with Crippen molar-refractivity contribution in [2.45, 2.75) is 13.1 Å². The number of alkyl halides is 3. The van der Waals surface area contributed by atoms with E-state index >= 15 is 0 Å². The molecule has 0 saturated heterocycles. The molecule has 13 heavy (non-hydrogen) atoms. The van der Waals surface area contributed by atoms with Crippen LogP contribution in [0, 0.1) is 6.20 Å². The molecule has 73 valence electrons. The van der Waals surface area contributed by atoms with Crippen LogP contribution in [0.15, 0.2) is 0 Å². The molecule has 1 aromatic heterocycles.